The van der Waals surface area contributed by atoms with E-state index in [1.165, 1.54) is 0 Å². The average Bonchev–Trinajstić information content (AvgIpc) is 2.84. The predicted molar refractivity (Wildman–Crippen MR) is 55.1 cm³/mol. The molecule has 0 bridgehead atoms. The molecule has 0 fully saturated rings. The van der Waals surface area contributed by atoms with Crippen molar-refractivity contribution in [2.24, 2.45) is 0 Å². The van der Waals surface area contributed by atoms with Crippen LogP contribution in [0.2, 0.25) is 4.47 Å². The fraction of sp³-hybridized carbons (Fsp3) is 0.286. The summed E-state index contributed by atoms with van der Waals surface area (Å²) < 4.78 is 4.97. The fourth-order valence-corrected chi connectivity index (χ4v) is 1.69. The molecule has 84 valence electrons. The molecule has 2 rings (SSSR count). The first-order chi connectivity index (χ1) is 7.65. The molecular weight excluding hydrogens is 254 g/mol. The lowest BCUT2D eigenvalue weighted by Gasteiger charge is -1.96. The zero-order valence-electron chi connectivity index (χ0n) is 8.10. The minimum atomic E-state index is -0.369. The first-order valence-electron chi connectivity index (χ1n) is 4.21. The molecule has 9 heteroatoms. The number of carbonyl (C=O) groups is 1. The lowest BCUT2D eigenvalue weighted by atomic mass is 10.5. The second kappa shape index (κ2) is 4.54. The highest BCUT2D eigenvalue weighted by Crippen LogP contribution is 2.14. The van der Waals surface area contributed by atoms with Crippen LogP contribution in [0.4, 0.5) is 0 Å². The van der Waals surface area contributed by atoms with E-state index in [0.717, 1.165) is 11.3 Å². The van der Waals surface area contributed by atoms with Crippen molar-refractivity contribution in [1.82, 2.24) is 25.7 Å². The third-order valence-corrected chi connectivity index (χ3v) is 2.59. The van der Waals surface area contributed by atoms with E-state index in [4.69, 9.17) is 16.1 Å². The monoisotopic (exact) mass is 259 g/mol. The zero-order chi connectivity index (χ0) is 11.5. The third kappa shape index (κ3) is 2.52. The lowest BCUT2D eigenvalue weighted by molar-refractivity contribution is 0.0948. The number of rotatable bonds is 3. The highest BCUT2D eigenvalue weighted by Gasteiger charge is 2.12. The van der Waals surface area contributed by atoms with Gasteiger partial charge in [0.2, 0.25) is 15.4 Å². The first kappa shape index (κ1) is 11.0. The molecule has 1 N–H and O–H groups in total. The van der Waals surface area contributed by atoms with Gasteiger partial charge in [0.1, 0.15) is 0 Å². The summed E-state index contributed by atoms with van der Waals surface area (Å²) in [4.78, 5) is 15.4. The summed E-state index contributed by atoms with van der Waals surface area (Å²) >= 11 is 6.55. The maximum atomic E-state index is 11.5. The molecule has 0 aromatic carbocycles. The quantitative estimate of drug-likeness (QED) is 0.877. The van der Waals surface area contributed by atoms with Crippen LogP contribution >= 0.6 is 22.9 Å². The molecule has 1 amide bonds. The van der Waals surface area contributed by atoms with E-state index >= 15 is 0 Å². The molecule has 16 heavy (non-hydrogen) atoms. The van der Waals surface area contributed by atoms with E-state index in [1.807, 2.05) is 0 Å². The van der Waals surface area contributed by atoms with Crippen molar-refractivity contribution in [1.29, 1.82) is 0 Å². The van der Waals surface area contributed by atoms with Crippen LogP contribution in [0, 0.1) is 6.92 Å². The summed E-state index contributed by atoms with van der Waals surface area (Å²) in [6, 6.07) is 0. The Morgan fingerprint density at radius 1 is 1.56 bits per heavy atom. The summed E-state index contributed by atoms with van der Waals surface area (Å²) in [5.41, 5.74) is 0. The van der Waals surface area contributed by atoms with E-state index in [0.29, 0.717) is 11.7 Å². The number of amides is 1. The lowest BCUT2D eigenvalue weighted by Crippen LogP contribution is -2.23. The van der Waals surface area contributed by atoms with Crippen molar-refractivity contribution in [2.45, 2.75) is 13.5 Å². The molecule has 0 spiro atoms. The van der Waals surface area contributed by atoms with E-state index in [2.05, 4.69) is 25.7 Å². The van der Waals surface area contributed by atoms with Gasteiger partial charge in [0, 0.05) is 6.92 Å². The Bertz CT molecular complexity index is 510. The number of aryl methyl sites for hydroxylation is 1. The normalized spacial score (nSPS) is 10.4. The van der Waals surface area contributed by atoms with Gasteiger partial charge < -0.3 is 9.84 Å². The Morgan fingerprint density at radius 2 is 2.38 bits per heavy atom. The Hall–Kier alpha value is -1.54. The number of aromatic nitrogens is 4. The Morgan fingerprint density at radius 3 is 2.94 bits per heavy atom. The highest BCUT2D eigenvalue weighted by atomic mass is 35.5. The van der Waals surface area contributed by atoms with Crippen molar-refractivity contribution < 1.29 is 9.32 Å². The zero-order valence-corrected chi connectivity index (χ0v) is 9.67. The van der Waals surface area contributed by atoms with Crippen molar-refractivity contribution >= 4 is 28.8 Å². The van der Waals surface area contributed by atoms with Gasteiger partial charge in [-0.15, -0.1) is 10.2 Å². The summed E-state index contributed by atoms with van der Waals surface area (Å²) in [5.74, 6) is 0.483. The molecular formula is C7H6ClN5O2S. The van der Waals surface area contributed by atoms with Gasteiger partial charge >= 0.3 is 0 Å². The minimum Gasteiger partial charge on any atom is -0.342 e. The largest absolute Gasteiger partial charge is 0.342 e. The van der Waals surface area contributed by atoms with E-state index < -0.39 is 0 Å². The van der Waals surface area contributed by atoms with E-state index in [-0.39, 0.29) is 21.9 Å². The topological polar surface area (TPSA) is 93.8 Å². The molecule has 0 aliphatic carbocycles. The smallest absolute Gasteiger partial charge is 0.282 e. The van der Waals surface area contributed by atoms with Crippen molar-refractivity contribution in [3.05, 3.63) is 21.2 Å². The second-order valence-corrected chi connectivity index (χ2v) is 4.33. The number of halogens is 1. The Balaban J connectivity index is 1.93. The molecule has 0 saturated carbocycles. The van der Waals surface area contributed by atoms with Crippen molar-refractivity contribution in [3.8, 4) is 0 Å². The maximum Gasteiger partial charge on any atom is 0.282 e. The van der Waals surface area contributed by atoms with Gasteiger partial charge in [-0.3, -0.25) is 4.79 Å². The van der Waals surface area contributed by atoms with E-state index in [1.54, 1.807) is 6.92 Å². The molecule has 0 atom stereocenters. The van der Waals surface area contributed by atoms with Crippen LogP contribution in [0.5, 0.6) is 0 Å². The van der Waals surface area contributed by atoms with Crippen LogP contribution in [0.15, 0.2) is 4.52 Å². The number of hydrogen-bond donors (Lipinski definition) is 1. The van der Waals surface area contributed by atoms with E-state index in [9.17, 15) is 4.79 Å². The molecule has 0 aliphatic rings. The van der Waals surface area contributed by atoms with Gasteiger partial charge in [-0.2, -0.15) is 4.98 Å². The molecule has 2 heterocycles. The van der Waals surface area contributed by atoms with Gasteiger partial charge in [0.05, 0.1) is 6.54 Å². The second-order valence-electron chi connectivity index (χ2n) is 2.77. The predicted octanol–water partition coefficient (Wildman–Crippen LogP) is 0.813. The van der Waals surface area contributed by atoms with Crippen LogP contribution in [0.25, 0.3) is 0 Å². The number of nitrogens with zero attached hydrogens (tertiary/aromatic N) is 4. The van der Waals surface area contributed by atoms with Gasteiger partial charge in [-0.05, 0) is 11.6 Å². The average molecular weight is 260 g/mol. The van der Waals surface area contributed by atoms with Crippen molar-refractivity contribution in [2.75, 3.05) is 0 Å². The summed E-state index contributed by atoms with van der Waals surface area (Å²) in [6.07, 6.45) is 0. The molecule has 2 aromatic rings. The van der Waals surface area contributed by atoms with Crippen molar-refractivity contribution in [3.63, 3.8) is 0 Å². The molecule has 0 saturated heterocycles. The Labute approximate surface area is 98.8 Å². The van der Waals surface area contributed by atoms with Crippen LogP contribution < -0.4 is 5.32 Å². The van der Waals surface area contributed by atoms with Gasteiger partial charge in [0.25, 0.3) is 5.91 Å². The van der Waals surface area contributed by atoms with Gasteiger partial charge in [-0.25, -0.2) is 0 Å². The standard InChI is InChI=1S/C7H6ClN5O2S/c1-3-10-4(13-15-3)2-9-5(14)6-11-12-7(8)16-6/h2H2,1H3,(H,9,14). The number of carbonyl (C=O) groups excluding carboxylic acids is 1. The fourth-order valence-electron chi connectivity index (χ4n) is 0.945. The SMILES string of the molecule is Cc1nc(CNC(=O)c2nnc(Cl)s2)no1. The molecule has 0 unspecified atom stereocenters. The van der Waals surface area contributed by atoms with Gasteiger partial charge in [-0.1, -0.05) is 16.5 Å². The molecule has 0 aliphatic heterocycles. The summed E-state index contributed by atoms with van der Waals surface area (Å²) in [5, 5.41) is 13.5. The molecule has 7 nitrogen and oxygen atoms in total. The maximum absolute atomic E-state index is 11.5. The highest BCUT2D eigenvalue weighted by molar-refractivity contribution is 7.17. The minimum absolute atomic E-state index is 0.174. The van der Waals surface area contributed by atoms with Crippen LogP contribution in [0.1, 0.15) is 21.5 Å². The van der Waals surface area contributed by atoms with Crippen LogP contribution in [0.3, 0.4) is 0 Å². The number of hydrogen-bond acceptors (Lipinski definition) is 7. The van der Waals surface area contributed by atoms with Gasteiger partial charge in [0.15, 0.2) is 5.82 Å². The third-order valence-electron chi connectivity index (χ3n) is 1.57. The summed E-state index contributed by atoms with van der Waals surface area (Å²) in [6.45, 7) is 1.84. The first-order valence-corrected chi connectivity index (χ1v) is 5.41. The Kier molecular flexibility index (Phi) is 3.11. The molecule has 0 radical (unpaired) electrons. The summed E-state index contributed by atoms with van der Waals surface area (Å²) in [7, 11) is 0. The van der Waals surface area contributed by atoms with Crippen LogP contribution in [-0.2, 0) is 6.54 Å². The van der Waals surface area contributed by atoms with Crippen LogP contribution in [-0.4, -0.2) is 26.2 Å². The molecule has 2 aromatic heterocycles. The number of nitrogens with one attached hydrogen (secondary N) is 1.